The van der Waals surface area contributed by atoms with Gasteiger partial charge in [0.25, 0.3) is 5.56 Å². The van der Waals surface area contributed by atoms with Gasteiger partial charge in [-0.2, -0.15) is 0 Å². The van der Waals surface area contributed by atoms with E-state index in [1.165, 1.54) is 15.8 Å². The highest BCUT2D eigenvalue weighted by atomic mass is 32.1. The molecule has 0 unspecified atom stereocenters. The van der Waals surface area contributed by atoms with Gasteiger partial charge in [0.05, 0.1) is 24.5 Å². The molecule has 0 aliphatic heterocycles. The van der Waals surface area contributed by atoms with Gasteiger partial charge in [-0.1, -0.05) is 6.92 Å². The van der Waals surface area contributed by atoms with E-state index in [2.05, 4.69) is 17.2 Å². The van der Waals surface area contributed by atoms with Crippen LogP contribution in [0.2, 0.25) is 0 Å². The maximum Gasteiger partial charge on any atom is 0.262 e. The average Bonchev–Trinajstić information content (AvgIpc) is 3.22. The van der Waals surface area contributed by atoms with Crippen LogP contribution in [0.4, 0.5) is 0 Å². The second kappa shape index (κ2) is 6.48. The van der Waals surface area contributed by atoms with E-state index in [0.29, 0.717) is 23.6 Å². The molecule has 7 heteroatoms. The zero-order valence-corrected chi connectivity index (χ0v) is 14.8. The fourth-order valence-electron chi connectivity index (χ4n) is 3.29. The summed E-state index contributed by atoms with van der Waals surface area (Å²) < 4.78 is 6.58. The Morgan fingerprint density at radius 2 is 2.40 bits per heavy atom. The number of nitrogens with one attached hydrogen (secondary N) is 1. The molecule has 130 valence electrons. The first kappa shape index (κ1) is 16.1. The first-order valence-electron chi connectivity index (χ1n) is 8.40. The third-order valence-corrected chi connectivity index (χ3v) is 5.80. The molecule has 0 aromatic carbocycles. The molecule has 0 bridgehead atoms. The van der Waals surface area contributed by atoms with Crippen molar-refractivity contribution in [2.45, 2.75) is 39.3 Å². The van der Waals surface area contributed by atoms with Gasteiger partial charge in [0.15, 0.2) is 0 Å². The van der Waals surface area contributed by atoms with Crippen LogP contribution in [-0.4, -0.2) is 15.5 Å². The van der Waals surface area contributed by atoms with Gasteiger partial charge in [0.1, 0.15) is 17.1 Å². The molecule has 1 aliphatic carbocycles. The van der Waals surface area contributed by atoms with Crippen molar-refractivity contribution in [3.63, 3.8) is 0 Å². The summed E-state index contributed by atoms with van der Waals surface area (Å²) in [5, 5.41) is 3.46. The van der Waals surface area contributed by atoms with E-state index in [-0.39, 0.29) is 18.0 Å². The largest absolute Gasteiger partial charge is 0.467 e. The summed E-state index contributed by atoms with van der Waals surface area (Å²) in [6, 6.07) is 3.56. The Morgan fingerprint density at radius 3 is 3.20 bits per heavy atom. The van der Waals surface area contributed by atoms with E-state index >= 15 is 0 Å². The number of carbonyl (C=O) groups excluding carboxylic acids is 1. The maximum atomic E-state index is 12.8. The molecule has 0 radical (unpaired) electrons. The quantitative estimate of drug-likeness (QED) is 0.778. The number of aryl methyl sites for hydroxylation is 1. The summed E-state index contributed by atoms with van der Waals surface area (Å²) in [5.74, 6) is 1.09. The van der Waals surface area contributed by atoms with Gasteiger partial charge in [-0.25, -0.2) is 4.98 Å². The molecule has 3 aromatic rings. The van der Waals surface area contributed by atoms with Crippen LogP contribution in [-0.2, 0) is 30.7 Å². The van der Waals surface area contributed by atoms with Crippen LogP contribution >= 0.6 is 11.3 Å². The van der Waals surface area contributed by atoms with E-state index in [9.17, 15) is 9.59 Å². The van der Waals surface area contributed by atoms with Crippen LogP contribution in [0.1, 0.15) is 29.5 Å². The van der Waals surface area contributed by atoms with Crippen molar-refractivity contribution >= 4 is 27.5 Å². The number of hydrogen-bond donors (Lipinski definition) is 1. The van der Waals surface area contributed by atoms with Crippen molar-refractivity contribution in [3.05, 3.63) is 51.3 Å². The van der Waals surface area contributed by atoms with Crippen LogP contribution in [0.5, 0.6) is 0 Å². The Labute approximate surface area is 148 Å². The van der Waals surface area contributed by atoms with Gasteiger partial charge < -0.3 is 9.73 Å². The van der Waals surface area contributed by atoms with Gasteiger partial charge >= 0.3 is 0 Å². The Kier molecular flexibility index (Phi) is 4.17. The normalized spacial score (nSPS) is 16.8. The van der Waals surface area contributed by atoms with Gasteiger partial charge in [-0.15, -0.1) is 11.3 Å². The van der Waals surface area contributed by atoms with E-state index in [0.717, 1.165) is 29.7 Å². The standard InChI is InChI=1S/C18H19N3O3S/c1-11-4-5-13-14(7-11)25-17-16(13)18(23)21(10-20-17)9-15(22)19-8-12-3-2-6-24-12/h2-3,6,10-11H,4-5,7-9H2,1H3,(H,19,22)/t11-/m1/s1. The van der Waals surface area contributed by atoms with Crippen molar-refractivity contribution < 1.29 is 9.21 Å². The van der Waals surface area contributed by atoms with Crippen molar-refractivity contribution in [1.82, 2.24) is 14.9 Å². The third-order valence-electron chi connectivity index (χ3n) is 4.64. The second-order valence-electron chi connectivity index (χ2n) is 6.57. The molecule has 1 aliphatic rings. The molecule has 0 spiro atoms. The molecule has 0 saturated heterocycles. The average molecular weight is 357 g/mol. The van der Waals surface area contributed by atoms with Gasteiger partial charge in [-0.05, 0) is 42.9 Å². The van der Waals surface area contributed by atoms with Crippen LogP contribution in [0.15, 0.2) is 33.9 Å². The van der Waals surface area contributed by atoms with Crippen LogP contribution in [0, 0.1) is 5.92 Å². The number of aromatic nitrogens is 2. The fourth-order valence-corrected chi connectivity index (χ4v) is 4.63. The topological polar surface area (TPSA) is 77.1 Å². The molecule has 3 aromatic heterocycles. The predicted molar refractivity (Wildman–Crippen MR) is 95.6 cm³/mol. The van der Waals surface area contributed by atoms with Crippen molar-refractivity contribution in [3.8, 4) is 0 Å². The van der Waals surface area contributed by atoms with Crippen LogP contribution in [0.3, 0.4) is 0 Å². The Morgan fingerprint density at radius 1 is 1.52 bits per heavy atom. The number of thiophene rings is 1. The monoisotopic (exact) mass is 357 g/mol. The van der Waals surface area contributed by atoms with Gasteiger partial charge in [0.2, 0.25) is 5.91 Å². The number of hydrogen-bond acceptors (Lipinski definition) is 5. The lowest BCUT2D eigenvalue weighted by Crippen LogP contribution is -2.32. The molecule has 0 saturated carbocycles. The molecular weight excluding hydrogens is 338 g/mol. The highest BCUT2D eigenvalue weighted by Gasteiger charge is 2.23. The molecule has 1 N–H and O–H groups in total. The summed E-state index contributed by atoms with van der Waals surface area (Å²) >= 11 is 1.62. The van der Waals surface area contributed by atoms with Crippen molar-refractivity contribution in [1.29, 1.82) is 0 Å². The Hall–Kier alpha value is -2.41. The Balaban J connectivity index is 1.57. The van der Waals surface area contributed by atoms with E-state index in [1.54, 1.807) is 29.7 Å². The number of furan rings is 1. The SMILES string of the molecule is C[C@@H]1CCc2c(sc3ncn(CC(=O)NCc4ccco4)c(=O)c23)C1. The summed E-state index contributed by atoms with van der Waals surface area (Å²) in [6.45, 7) is 2.51. The molecule has 25 heavy (non-hydrogen) atoms. The fraction of sp³-hybridized carbons (Fsp3) is 0.389. The number of carbonyl (C=O) groups is 1. The van der Waals surface area contributed by atoms with E-state index < -0.39 is 0 Å². The minimum Gasteiger partial charge on any atom is -0.467 e. The minimum atomic E-state index is -0.239. The maximum absolute atomic E-state index is 12.8. The zero-order valence-electron chi connectivity index (χ0n) is 13.9. The highest BCUT2D eigenvalue weighted by molar-refractivity contribution is 7.18. The molecule has 1 amide bonds. The molecule has 1 atom stereocenters. The van der Waals surface area contributed by atoms with Crippen LogP contribution in [0.25, 0.3) is 10.2 Å². The summed E-state index contributed by atoms with van der Waals surface area (Å²) in [7, 11) is 0. The Bertz CT molecular complexity index is 972. The smallest absolute Gasteiger partial charge is 0.262 e. The first-order chi connectivity index (χ1) is 12.1. The molecule has 3 heterocycles. The number of nitrogens with zero attached hydrogens (tertiary/aromatic N) is 2. The van der Waals surface area contributed by atoms with E-state index in [4.69, 9.17) is 4.42 Å². The van der Waals surface area contributed by atoms with Crippen LogP contribution < -0.4 is 10.9 Å². The zero-order chi connectivity index (χ0) is 17.4. The number of rotatable bonds is 4. The van der Waals surface area contributed by atoms with E-state index in [1.807, 2.05) is 0 Å². The predicted octanol–water partition coefficient (Wildman–Crippen LogP) is 2.49. The lowest BCUT2D eigenvalue weighted by molar-refractivity contribution is -0.122. The molecule has 4 rings (SSSR count). The van der Waals surface area contributed by atoms with Crippen molar-refractivity contribution in [2.75, 3.05) is 0 Å². The van der Waals surface area contributed by atoms with Gasteiger partial charge in [0, 0.05) is 4.88 Å². The summed E-state index contributed by atoms with van der Waals surface area (Å²) in [5.41, 5.74) is 1.02. The van der Waals surface area contributed by atoms with Gasteiger partial charge in [-0.3, -0.25) is 14.2 Å². The molecule has 0 fully saturated rings. The summed E-state index contributed by atoms with van der Waals surface area (Å²) in [6.07, 6.45) is 6.06. The number of fused-ring (bicyclic) bond motifs is 3. The third kappa shape index (κ3) is 3.11. The minimum absolute atomic E-state index is 0.0382. The second-order valence-corrected chi connectivity index (χ2v) is 7.65. The first-order valence-corrected chi connectivity index (χ1v) is 9.22. The lowest BCUT2D eigenvalue weighted by atomic mass is 9.89. The molecule has 6 nitrogen and oxygen atoms in total. The lowest BCUT2D eigenvalue weighted by Gasteiger charge is -2.17. The van der Waals surface area contributed by atoms with Crippen molar-refractivity contribution in [2.24, 2.45) is 5.92 Å². The number of amides is 1. The highest BCUT2D eigenvalue weighted by Crippen LogP contribution is 2.35. The molecular formula is C18H19N3O3S. The summed E-state index contributed by atoms with van der Waals surface area (Å²) in [4.78, 5) is 31.5.